The smallest absolute Gasteiger partial charge is 0.130 e. The number of hydrogen-bond donors (Lipinski definition) is 1. The SMILES string of the molecule is CCNC(Cc1c(C)nn(C)c1Cl)c1ccc(F)cc1C. The van der Waals surface area contributed by atoms with E-state index in [9.17, 15) is 4.39 Å². The molecule has 114 valence electrons. The number of aryl methyl sites for hydroxylation is 3. The zero-order valence-corrected chi connectivity index (χ0v) is 13.6. The molecule has 21 heavy (non-hydrogen) atoms. The lowest BCUT2D eigenvalue weighted by molar-refractivity contribution is 0.543. The summed E-state index contributed by atoms with van der Waals surface area (Å²) in [6, 6.07) is 5.01. The lowest BCUT2D eigenvalue weighted by Crippen LogP contribution is -2.24. The van der Waals surface area contributed by atoms with Gasteiger partial charge in [-0.15, -0.1) is 0 Å². The van der Waals surface area contributed by atoms with Crippen molar-refractivity contribution in [3.05, 3.63) is 51.6 Å². The first-order valence-electron chi connectivity index (χ1n) is 7.11. The Kier molecular flexibility index (Phi) is 5.01. The van der Waals surface area contributed by atoms with Crippen molar-refractivity contribution in [3.8, 4) is 0 Å². The van der Waals surface area contributed by atoms with Crippen LogP contribution in [-0.2, 0) is 13.5 Å². The van der Waals surface area contributed by atoms with Crippen molar-refractivity contribution in [2.24, 2.45) is 7.05 Å². The number of halogens is 2. The van der Waals surface area contributed by atoms with Crippen molar-refractivity contribution < 1.29 is 4.39 Å². The molecule has 2 aromatic rings. The molecule has 0 amide bonds. The molecule has 0 fully saturated rings. The molecule has 0 aliphatic heterocycles. The van der Waals surface area contributed by atoms with Crippen LogP contribution in [0, 0.1) is 19.7 Å². The number of nitrogens with zero attached hydrogens (tertiary/aromatic N) is 2. The highest BCUT2D eigenvalue weighted by atomic mass is 35.5. The standard InChI is InChI=1S/C16H21ClFN3/c1-5-19-15(13-7-6-12(18)8-10(13)2)9-14-11(3)20-21(4)16(14)17/h6-8,15,19H,5,9H2,1-4H3. The molecule has 1 heterocycles. The zero-order chi connectivity index (χ0) is 15.6. The predicted molar refractivity (Wildman–Crippen MR) is 84.2 cm³/mol. The highest BCUT2D eigenvalue weighted by Crippen LogP contribution is 2.27. The molecule has 1 N–H and O–H groups in total. The number of nitrogens with one attached hydrogen (secondary N) is 1. The van der Waals surface area contributed by atoms with Crippen LogP contribution in [0.2, 0.25) is 5.15 Å². The molecule has 0 radical (unpaired) electrons. The van der Waals surface area contributed by atoms with E-state index in [-0.39, 0.29) is 11.9 Å². The normalized spacial score (nSPS) is 12.7. The van der Waals surface area contributed by atoms with E-state index in [2.05, 4.69) is 17.3 Å². The fourth-order valence-electron chi connectivity index (χ4n) is 2.68. The number of rotatable bonds is 5. The van der Waals surface area contributed by atoms with E-state index in [4.69, 9.17) is 11.6 Å². The van der Waals surface area contributed by atoms with Crippen LogP contribution in [0.15, 0.2) is 18.2 Å². The first kappa shape index (κ1) is 16.0. The largest absolute Gasteiger partial charge is 0.310 e. The Bertz CT molecular complexity index is 637. The second-order valence-corrected chi connectivity index (χ2v) is 5.65. The number of hydrogen-bond acceptors (Lipinski definition) is 2. The van der Waals surface area contributed by atoms with Crippen LogP contribution in [0.4, 0.5) is 4.39 Å². The van der Waals surface area contributed by atoms with Crippen molar-refractivity contribution in [2.75, 3.05) is 6.54 Å². The Morgan fingerprint density at radius 1 is 1.38 bits per heavy atom. The van der Waals surface area contributed by atoms with E-state index in [0.29, 0.717) is 5.15 Å². The van der Waals surface area contributed by atoms with Gasteiger partial charge in [-0.3, -0.25) is 4.68 Å². The molecule has 1 unspecified atom stereocenters. The quantitative estimate of drug-likeness (QED) is 0.912. The van der Waals surface area contributed by atoms with Gasteiger partial charge in [0, 0.05) is 18.7 Å². The second-order valence-electron chi connectivity index (χ2n) is 5.29. The Balaban J connectivity index is 2.35. The van der Waals surface area contributed by atoms with E-state index < -0.39 is 0 Å². The molecule has 0 aliphatic rings. The molecule has 1 aromatic carbocycles. The Morgan fingerprint density at radius 3 is 2.62 bits per heavy atom. The third kappa shape index (κ3) is 3.44. The van der Waals surface area contributed by atoms with Gasteiger partial charge >= 0.3 is 0 Å². The topological polar surface area (TPSA) is 29.9 Å². The lowest BCUT2D eigenvalue weighted by atomic mass is 9.95. The third-order valence-electron chi connectivity index (χ3n) is 3.74. The summed E-state index contributed by atoms with van der Waals surface area (Å²) in [7, 11) is 1.84. The van der Waals surface area contributed by atoms with E-state index in [1.807, 2.05) is 27.0 Å². The zero-order valence-electron chi connectivity index (χ0n) is 12.9. The van der Waals surface area contributed by atoms with Crippen LogP contribution in [0.1, 0.15) is 35.3 Å². The molecule has 2 rings (SSSR count). The van der Waals surface area contributed by atoms with E-state index in [1.54, 1.807) is 10.7 Å². The fourth-order valence-corrected chi connectivity index (χ4v) is 2.93. The summed E-state index contributed by atoms with van der Waals surface area (Å²) in [5.41, 5.74) is 4.01. The summed E-state index contributed by atoms with van der Waals surface area (Å²) in [5.74, 6) is -0.206. The molecule has 5 heteroatoms. The van der Waals surface area contributed by atoms with Gasteiger partial charge in [-0.25, -0.2) is 4.39 Å². The molecule has 0 bridgehead atoms. The van der Waals surface area contributed by atoms with Gasteiger partial charge in [-0.1, -0.05) is 24.6 Å². The molecule has 3 nitrogen and oxygen atoms in total. The highest BCUT2D eigenvalue weighted by molar-refractivity contribution is 6.30. The van der Waals surface area contributed by atoms with Crippen molar-refractivity contribution in [2.45, 2.75) is 33.2 Å². The number of likely N-dealkylation sites (N-methyl/N-ethyl adjacent to an activating group) is 1. The van der Waals surface area contributed by atoms with Crippen molar-refractivity contribution in [1.82, 2.24) is 15.1 Å². The Hall–Kier alpha value is -1.39. The lowest BCUT2D eigenvalue weighted by Gasteiger charge is -2.20. The van der Waals surface area contributed by atoms with Gasteiger partial charge in [-0.05, 0) is 50.1 Å². The average molecular weight is 310 g/mol. The fraction of sp³-hybridized carbons (Fsp3) is 0.438. The summed E-state index contributed by atoms with van der Waals surface area (Å²) >= 11 is 6.32. The predicted octanol–water partition coefficient (Wildman–Crippen LogP) is 3.72. The van der Waals surface area contributed by atoms with Gasteiger partial charge in [0.2, 0.25) is 0 Å². The van der Waals surface area contributed by atoms with E-state index in [1.165, 1.54) is 6.07 Å². The summed E-state index contributed by atoms with van der Waals surface area (Å²) in [6.07, 6.45) is 0.735. The Morgan fingerprint density at radius 2 is 2.10 bits per heavy atom. The minimum Gasteiger partial charge on any atom is -0.310 e. The maximum Gasteiger partial charge on any atom is 0.130 e. The van der Waals surface area contributed by atoms with Crippen LogP contribution in [0.25, 0.3) is 0 Å². The van der Waals surface area contributed by atoms with Gasteiger partial charge in [0.1, 0.15) is 11.0 Å². The Labute approximate surface area is 130 Å². The van der Waals surface area contributed by atoms with Gasteiger partial charge in [0.15, 0.2) is 0 Å². The van der Waals surface area contributed by atoms with Crippen molar-refractivity contribution in [1.29, 1.82) is 0 Å². The maximum atomic E-state index is 13.3. The monoisotopic (exact) mass is 309 g/mol. The molecular weight excluding hydrogens is 289 g/mol. The van der Waals surface area contributed by atoms with Gasteiger partial charge in [-0.2, -0.15) is 5.10 Å². The minimum atomic E-state index is -0.206. The molecule has 0 saturated heterocycles. The van der Waals surface area contributed by atoms with Gasteiger partial charge < -0.3 is 5.32 Å². The van der Waals surface area contributed by atoms with Gasteiger partial charge in [0.05, 0.1) is 5.69 Å². The molecule has 1 aromatic heterocycles. The maximum absolute atomic E-state index is 13.3. The number of benzene rings is 1. The summed E-state index contributed by atoms with van der Waals surface area (Å²) < 4.78 is 15.0. The molecular formula is C16H21ClFN3. The van der Waals surface area contributed by atoms with Gasteiger partial charge in [0.25, 0.3) is 0 Å². The minimum absolute atomic E-state index is 0.0935. The molecule has 0 saturated carbocycles. The van der Waals surface area contributed by atoms with Crippen molar-refractivity contribution >= 4 is 11.6 Å². The van der Waals surface area contributed by atoms with Crippen LogP contribution in [0.5, 0.6) is 0 Å². The summed E-state index contributed by atoms with van der Waals surface area (Å²) in [5, 5.41) is 8.47. The third-order valence-corrected chi connectivity index (χ3v) is 4.21. The first-order chi connectivity index (χ1) is 9.93. The summed E-state index contributed by atoms with van der Waals surface area (Å²) in [6.45, 7) is 6.78. The van der Waals surface area contributed by atoms with Crippen LogP contribution >= 0.6 is 11.6 Å². The van der Waals surface area contributed by atoms with Crippen LogP contribution in [0.3, 0.4) is 0 Å². The van der Waals surface area contributed by atoms with Crippen LogP contribution in [-0.4, -0.2) is 16.3 Å². The average Bonchev–Trinajstić information content (AvgIpc) is 2.65. The first-order valence-corrected chi connectivity index (χ1v) is 7.49. The highest BCUT2D eigenvalue weighted by Gasteiger charge is 2.19. The van der Waals surface area contributed by atoms with E-state index >= 15 is 0 Å². The number of aromatic nitrogens is 2. The molecule has 0 spiro atoms. The molecule has 1 atom stereocenters. The summed E-state index contributed by atoms with van der Waals surface area (Å²) in [4.78, 5) is 0. The van der Waals surface area contributed by atoms with Crippen molar-refractivity contribution in [3.63, 3.8) is 0 Å². The van der Waals surface area contributed by atoms with E-state index in [0.717, 1.165) is 35.3 Å². The second kappa shape index (κ2) is 6.58. The molecule has 0 aliphatic carbocycles. The van der Waals surface area contributed by atoms with Crippen LogP contribution < -0.4 is 5.32 Å².